The summed E-state index contributed by atoms with van der Waals surface area (Å²) in [7, 11) is 1.98. The van der Waals surface area contributed by atoms with Crippen LogP contribution in [0.4, 0.5) is 0 Å². The van der Waals surface area contributed by atoms with Crippen LogP contribution in [0.2, 0.25) is 0 Å². The van der Waals surface area contributed by atoms with E-state index in [1.165, 1.54) is 6.42 Å². The Kier molecular flexibility index (Phi) is 4.95. The summed E-state index contributed by atoms with van der Waals surface area (Å²) in [5.41, 5.74) is -0.143. The van der Waals surface area contributed by atoms with Gasteiger partial charge in [0.05, 0.1) is 6.04 Å². The third-order valence-electron chi connectivity index (χ3n) is 3.24. The highest BCUT2D eigenvalue weighted by Crippen LogP contribution is 2.18. The molecule has 0 aromatic carbocycles. The number of nitrogens with one attached hydrogen (secondary N) is 2. The summed E-state index contributed by atoms with van der Waals surface area (Å²) < 4.78 is 0. The van der Waals surface area contributed by atoms with Crippen molar-refractivity contribution in [2.24, 2.45) is 5.92 Å². The zero-order chi connectivity index (χ0) is 13.1. The van der Waals surface area contributed by atoms with Gasteiger partial charge in [-0.15, -0.1) is 0 Å². The molecule has 0 aromatic rings. The van der Waals surface area contributed by atoms with Crippen LogP contribution in [0, 0.1) is 5.92 Å². The van der Waals surface area contributed by atoms with E-state index in [2.05, 4.69) is 15.5 Å². The summed E-state index contributed by atoms with van der Waals surface area (Å²) in [5.74, 6) is 0.826. The van der Waals surface area contributed by atoms with Crippen LogP contribution in [0.3, 0.4) is 0 Å². The van der Waals surface area contributed by atoms with Crippen molar-refractivity contribution in [2.75, 3.05) is 26.7 Å². The Bertz CT molecular complexity index is 260. The molecule has 17 heavy (non-hydrogen) atoms. The molecular weight excluding hydrogens is 214 g/mol. The molecule has 1 rings (SSSR count). The number of hydrogen-bond donors (Lipinski definition) is 2. The molecule has 2 unspecified atom stereocenters. The first-order valence-electron chi connectivity index (χ1n) is 6.54. The molecule has 1 heterocycles. The van der Waals surface area contributed by atoms with Crippen molar-refractivity contribution in [3.05, 3.63) is 0 Å². The molecule has 0 aromatic heterocycles. The molecule has 4 nitrogen and oxygen atoms in total. The number of carbonyl (C=O) groups excluding carboxylic acids is 1. The summed E-state index contributed by atoms with van der Waals surface area (Å²) in [6.07, 6.45) is 1.19. The predicted octanol–water partition coefficient (Wildman–Crippen LogP) is 0.831. The minimum Gasteiger partial charge on any atom is -0.350 e. The van der Waals surface area contributed by atoms with E-state index in [1.54, 1.807) is 0 Å². The molecule has 0 aliphatic carbocycles. The highest BCUT2D eigenvalue weighted by atomic mass is 16.2. The minimum absolute atomic E-state index is 0.0175. The van der Waals surface area contributed by atoms with Gasteiger partial charge in [-0.25, -0.2) is 0 Å². The summed E-state index contributed by atoms with van der Waals surface area (Å²) >= 11 is 0. The summed E-state index contributed by atoms with van der Waals surface area (Å²) in [6, 6.07) is -0.0175. The third-order valence-corrected chi connectivity index (χ3v) is 3.24. The average Bonchev–Trinajstić information content (AvgIpc) is 2.63. The van der Waals surface area contributed by atoms with Crippen LogP contribution in [-0.4, -0.2) is 49.1 Å². The molecule has 1 fully saturated rings. The van der Waals surface area contributed by atoms with E-state index in [9.17, 15) is 4.79 Å². The van der Waals surface area contributed by atoms with Crippen LogP contribution in [0.25, 0.3) is 0 Å². The van der Waals surface area contributed by atoms with Gasteiger partial charge >= 0.3 is 0 Å². The first kappa shape index (κ1) is 14.5. The maximum absolute atomic E-state index is 12.0. The van der Waals surface area contributed by atoms with Gasteiger partial charge in [-0.05, 0) is 60.2 Å². The topological polar surface area (TPSA) is 44.4 Å². The molecule has 2 atom stereocenters. The van der Waals surface area contributed by atoms with Gasteiger partial charge in [0.2, 0.25) is 5.91 Å². The predicted molar refractivity (Wildman–Crippen MR) is 71.0 cm³/mol. The van der Waals surface area contributed by atoms with Crippen LogP contribution in [-0.2, 0) is 4.79 Å². The molecule has 0 spiro atoms. The monoisotopic (exact) mass is 241 g/mol. The highest BCUT2D eigenvalue weighted by molar-refractivity contribution is 5.82. The van der Waals surface area contributed by atoms with E-state index in [1.807, 2.05) is 34.7 Å². The molecule has 1 aliphatic rings. The summed E-state index contributed by atoms with van der Waals surface area (Å²) in [4.78, 5) is 14.3. The molecule has 2 N–H and O–H groups in total. The molecule has 1 aliphatic heterocycles. The number of nitrogens with zero attached hydrogens (tertiary/aromatic N) is 1. The van der Waals surface area contributed by atoms with Gasteiger partial charge in [0.15, 0.2) is 0 Å². The van der Waals surface area contributed by atoms with E-state index < -0.39 is 0 Å². The van der Waals surface area contributed by atoms with Crippen molar-refractivity contribution in [3.63, 3.8) is 0 Å². The van der Waals surface area contributed by atoms with Gasteiger partial charge in [-0.2, -0.15) is 0 Å². The van der Waals surface area contributed by atoms with Gasteiger partial charge in [0.25, 0.3) is 0 Å². The van der Waals surface area contributed by atoms with Gasteiger partial charge in [-0.1, -0.05) is 0 Å². The molecular formula is C13H27N3O. The number of rotatable bonds is 4. The quantitative estimate of drug-likeness (QED) is 0.766. The minimum atomic E-state index is -0.143. The zero-order valence-electron chi connectivity index (χ0n) is 11.8. The lowest BCUT2D eigenvalue weighted by atomic mass is 10.1. The van der Waals surface area contributed by atoms with Gasteiger partial charge < -0.3 is 10.6 Å². The van der Waals surface area contributed by atoms with Gasteiger partial charge in [-0.3, -0.25) is 9.69 Å². The van der Waals surface area contributed by atoms with E-state index in [0.717, 1.165) is 19.6 Å². The van der Waals surface area contributed by atoms with Crippen molar-refractivity contribution in [1.82, 2.24) is 15.5 Å². The van der Waals surface area contributed by atoms with Gasteiger partial charge in [0, 0.05) is 12.1 Å². The molecule has 1 amide bonds. The fraction of sp³-hybridized carbons (Fsp3) is 0.923. The Hall–Kier alpha value is -0.610. The van der Waals surface area contributed by atoms with Crippen LogP contribution >= 0.6 is 0 Å². The van der Waals surface area contributed by atoms with Crippen molar-refractivity contribution >= 4 is 5.91 Å². The van der Waals surface area contributed by atoms with Crippen molar-refractivity contribution < 1.29 is 4.79 Å². The lowest BCUT2D eigenvalue weighted by Crippen LogP contribution is -2.50. The van der Waals surface area contributed by atoms with E-state index in [-0.39, 0.29) is 17.5 Å². The number of carbonyl (C=O) groups is 1. The second-order valence-corrected chi connectivity index (χ2v) is 6.12. The maximum Gasteiger partial charge on any atom is 0.237 e. The second kappa shape index (κ2) is 5.83. The lowest BCUT2D eigenvalue weighted by molar-refractivity contribution is -0.127. The second-order valence-electron chi connectivity index (χ2n) is 6.12. The number of likely N-dealkylation sites (tertiary alicyclic amines) is 1. The number of hydrogen-bond acceptors (Lipinski definition) is 3. The van der Waals surface area contributed by atoms with Crippen molar-refractivity contribution in [1.29, 1.82) is 0 Å². The normalized spacial score (nSPS) is 23.7. The summed E-state index contributed by atoms with van der Waals surface area (Å²) in [5, 5.41) is 6.26. The standard InChI is InChI=1S/C13H27N3O/c1-10(12(17)15-13(2,3)4)16-7-6-11(9-16)8-14-5/h10-11,14H,6-9H2,1-5H3,(H,15,17). The van der Waals surface area contributed by atoms with Crippen LogP contribution in [0.1, 0.15) is 34.1 Å². The maximum atomic E-state index is 12.0. The van der Waals surface area contributed by atoms with Crippen molar-refractivity contribution in [2.45, 2.75) is 45.7 Å². The van der Waals surface area contributed by atoms with E-state index in [0.29, 0.717) is 5.92 Å². The Labute approximate surface area is 105 Å². The van der Waals surface area contributed by atoms with Crippen molar-refractivity contribution in [3.8, 4) is 0 Å². The van der Waals surface area contributed by atoms with Crippen LogP contribution in [0.15, 0.2) is 0 Å². The molecule has 4 heteroatoms. The van der Waals surface area contributed by atoms with Gasteiger partial charge in [0.1, 0.15) is 0 Å². The Balaban J connectivity index is 2.43. The van der Waals surface area contributed by atoms with Crippen LogP contribution in [0.5, 0.6) is 0 Å². The molecule has 0 saturated carbocycles. The molecule has 0 bridgehead atoms. The fourth-order valence-corrected chi connectivity index (χ4v) is 2.31. The molecule has 1 saturated heterocycles. The SMILES string of the molecule is CNCC1CCN(C(C)C(=O)NC(C)(C)C)C1. The van der Waals surface area contributed by atoms with E-state index >= 15 is 0 Å². The Morgan fingerprint density at radius 1 is 1.47 bits per heavy atom. The first-order valence-corrected chi connectivity index (χ1v) is 6.54. The Morgan fingerprint density at radius 2 is 2.12 bits per heavy atom. The zero-order valence-corrected chi connectivity index (χ0v) is 11.8. The Morgan fingerprint density at radius 3 is 2.65 bits per heavy atom. The molecule has 100 valence electrons. The lowest BCUT2D eigenvalue weighted by Gasteiger charge is -2.28. The fourth-order valence-electron chi connectivity index (χ4n) is 2.31. The molecule has 0 radical (unpaired) electrons. The van der Waals surface area contributed by atoms with E-state index in [4.69, 9.17) is 0 Å². The highest BCUT2D eigenvalue weighted by Gasteiger charge is 2.30. The number of amides is 1. The first-order chi connectivity index (χ1) is 7.83. The summed E-state index contributed by atoms with van der Waals surface area (Å²) in [6.45, 7) is 11.2. The van der Waals surface area contributed by atoms with Crippen LogP contribution < -0.4 is 10.6 Å². The third kappa shape index (κ3) is 4.64. The smallest absolute Gasteiger partial charge is 0.237 e. The largest absolute Gasteiger partial charge is 0.350 e. The average molecular weight is 241 g/mol.